The van der Waals surface area contributed by atoms with Gasteiger partial charge in [-0.3, -0.25) is 9.59 Å². The van der Waals surface area contributed by atoms with Crippen LogP contribution in [0.2, 0.25) is 0 Å². The van der Waals surface area contributed by atoms with Gasteiger partial charge in [0.2, 0.25) is 11.8 Å². The Balaban J connectivity index is 2.07. The standard InChI is InChI=1S/C19H18F2N2O4S/c1-26-15-10-12(6-8-14(15)27-19(20)21)7-9-18(25)23-13-4-2-3-5-16(13)28-11-17(22)24/h2-10,19H,11H2,1H3,(H2,22,24)(H,23,25). The molecule has 0 radical (unpaired) electrons. The highest BCUT2D eigenvalue weighted by Crippen LogP contribution is 2.30. The average Bonchev–Trinajstić information content (AvgIpc) is 2.66. The van der Waals surface area contributed by atoms with Crippen LogP contribution < -0.4 is 20.5 Å². The number of nitrogens with one attached hydrogen (secondary N) is 1. The number of hydrogen-bond donors (Lipinski definition) is 2. The lowest BCUT2D eigenvalue weighted by Gasteiger charge is -2.10. The molecule has 0 aliphatic carbocycles. The molecule has 0 spiro atoms. The van der Waals surface area contributed by atoms with Gasteiger partial charge < -0.3 is 20.5 Å². The number of ether oxygens (including phenoxy) is 2. The number of para-hydroxylation sites is 1. The first kappa shape index (κ1) is 21.2. The third kappa shape index (κ3) is 6.58. The maximum Gasteiger partial charge on any atom is 0.387 e. The summed E-state index contributed by atoms with van der Waals surface area (Å²) in [5.74, 6) is -0.746. The fraction of sp³-hybridized carbons (Fsp3) is 0.158. The second-order valence-electron chi connectivity index (χ2n) is 5.36. The predicted molar refractivity (Wildman–Crippen MR) is 104 cm³/mol. The zero-order valence-electron chi connectivity index (χ0n) is 14.9. The summed E-state index contributed by atoms with van der Waals surface area (Å²) < 4.78 is 34.1. The van der Waals surface area contributed by atoms with Crippen LogP contribution in [0.3, 0.4) is 0 Å². The Labute approximate surface area is 164 Å². The summed E-state index contributed by atoms with van der Waals surface area (Å²) in [6.07, 6.45) is 2.79. The summed E-state index contributed by atoms with van der Waals surface area (Å²) in [7, 11) is 1.33. The number of amides is 2. The van der Waals surface area contributed by atoms with Crippen molar-refractivity contribution in [1.82, 2.24) is 0 Å². The summed E-state index contributed by atoms with van der Waals surface area (Å²) in [5, 5.41) is 2.72. The summed E-state index contributed by atoms with van der Waals surface area (Å²) in [6.45, 7) is -2.96. The highest BCUT2D eigenvalue weighted by molar-refractivity contribution is 8.00. The molecule has 0 heterocycles. The van der Waals surface area contributed by atoms with E-state index in [0.717, 1.165) is 0 Å². The second kappa shape index (κ2) is 10.3. The van der Waals surface area contributed by atoms with Gasteiger partial charge in [-0.15, -0.1) is 11.8 Å². The highest BCUT2D eigenvalue weighted by atomic mass is 32.2. The number of thioether (sulfide) groups is 1. The first-order valence-electron chi connectivity index (χ1n) is 8.01. The zero-order chi connectivity index (χ0) is 20.5. The van der Waals surface area contributed by atoms with E-state index in [1.165, 1.54) is 49.2 Å². The molecule has 28 heavy (non-hydrogen) atoms. The molecule has 2 aromatic carbocycles. The van der Waals surface area contributed by atoms with Crippen molar-refractivity contribution in [1.29, 1.82) is 0 Å². The van der Waals surface area contributed by atoms with Crippen LogP contribution in [0.25, 0.3) is 6.08 Å². The summed E-state index contributed by atoms with van der Waals surface area (Å²) >= 11 is 1.22. The minimum Gasteiger partial charge on any atom is -0.493 e. The Hall–Kier alpha value is -3.07. The highest BCUT2D eigenvalue weighted by Gasteiger charge is 2.11. The van der Waals surface area contributed by atoms with E-state index in [1.54, 1.807) is 24.3 Å². The average molecular weight is 408 g/mol. The van der Waals surface area contributed by atoms with Crippen LogP contribution in [-0.4, -0.2) is 31.3 Å². The van der Waals surface area contributed by atoms with Crippen molar-refractivity contribution in [2.24, 2.45) is 5.73 Å². The minimum atomic E-state index is -2.96. The van der Waals surface area contributed by atoms with Crippen molar-refractivity contribution in [3.8, 4) is 11.5 Å². The molecule has 3 N–H and O–H groups in total. The lowest BCUT2D eigenvalue weighted by molar-refractivity contribution is -0.115. The van der Waals surface area contributed by atoms with E-state index in [-0.39, 0.29) is 17.3 Å². The molecule has 0 aromatic heterocycles. The van der Waals surface area contributed by atoms with Crippen LogP contribution >= 0.6 is 11.8 Å². The molecule has 0 saturated carbocycles. The fourth-order valence-corrected chi connectivity index (χ4v) is 2.92. The van der Waals surface area contributed by atoms with Crippen LogP contribution in [0.15, 0.2) is 53.4 Å². The third-order valence-electron chi connectivity index (χ3n) is 3.35. The van der Waals surface area contributed by atoms with Crippen molar-refractivity contribution < 1.29 is 27.8 Å². The molecule has 2 rings (SSSR count). The van der Waals surface area contributed by atoms with Gasteiger partial charge in [-0.2, -0.15) is 8.78 Å². The number of methoxy groups -OCH3 is 1. The maximum absolute atomic E-state index is 12.4. The van der Waals surface area contributed by atoms with E-state index >= 15 is 0 Å². The number of rotatable bonds is 9. The number of benzene rings is 2. The number of carbonyl (C=O) groups excluding carboxylic acids is 2. The molecular weight excluding hydrogens is 390 g/mol. The van der Waals surface area contributed by atoms with Crippen molar-refractivity contribution >= 4 is 35.3 Å². The largest absolute Gasteiger partial charge is 0.493 e. The summed E-state index contributed by atoms with van der Waals surface area (Å²) in [6, 6.07) is 11.3. The van der Waals surface area contributed by atoms with Gasteiger partial charge in [0.25, 0.3) is 0 Å². The molecule has 0 unspecified atom stereocenters. The van der Waals surface area contributed by atoms with Crippen molar-refractivity contribution in [3.05, 3.63) is 54.1 Å². The van der Waals surface area contributed by atoms with Crippen LogP contribution in [0.4, 0.5) is 14.5 Å². The number of nitrogens with two attached hydrogens (primary N) is 1. The Morgan fingerprint density at radius 3 is 2.64 bits per heavy atom. The van der Waals surface area contributed by atoms with Gasteiger partial charge in [-0.05, 0) is 35.9 Å². The van der Waals surface area contributed by atoms with E-state index < -0.39 is 18.4 Å². The van der Waals surface area contributed by atoms with Gasteiger partial charge >= 0.3 is 6.61 Å². The first-order valence-corrected chi connectivity index (χ1v) is 8.99. The molecule has 148 valence electrons. The number of hydrogen-bond acceptors (Lipinski definition) is 5. The Bertz CT molecular complexity index is 875. The molecule has 0 bridgehead atoms. The second-order valence-corrected chi connectivity index (χ2v) is 6.38. The molecule has 0 saturated heterocycles. The molecule has 9 heteroatoms. The van der Waals surface area contributed by atoms with Crippen molar-refractivity contribution in [3.63, 3.8) is 0 Å². The van der Waals surface area contributed by atoms with E-state index in [2.05, 4.69) is 10.1 Å². The van der Waals surface area contributed by atoms with Gasteiger partial charge in [0.15, 0.2) is 11.5 Å². The van der Waals surface area contributed by atoms with Crippen molar-refractivity contribution in [2.75, 3.05) is 18.2 Å². The summed E-state index contributed by atoms with van der Waals surface area (Å²) in [5.41, 5.74) is 6.25. The maximum atomic E-state index is 12.4. The van der Waals surface area contributed by atoms with Crippen LogP contribution in [-0.2, 0) is 9.59 Å². The fourth-order valence-electron chi connectivity index (χ4n) is 2.17. The summed E-state index contributed by atoms with van der Waals surface area (Å²) in [4.78, 5) is 23.8. The lowest BCUT2D eigenvalue weighted by atomic mass is 10.2. The number of anilines is 1. The number of halogens is 2. The van der Waals surface area contributed by atoms with E-state index in [9.17, 15) is 18.4 Å². The van der Waals surface area contributed by atoms with E-state index in [4.69, 9.17) is 10.5 Å². The number of primary amides is 1. The molecule has 2 aromatic rings. The number of alkyl halides is 2. The lowest BCUT2D eigenvalue weighted by Crippen LogP contribution is -2.13. The van der Waals surface area contributed by atoms with Crippen molar-refractivity contribution in [2.45, 2.75) is 11.5 Å². The molecule has 0 fully saturated rings. The molecule has 0 atom stereocenters. The third-order valence-corrected chi connectivity index (χ3v) is 4.44. The normalized spacial score (nSPS) is 10.9. The number of carbonyl (C=O) groups is 2. The van der Waals surface area contributed by atoms with Crippen LogP contribution in [0, 0.1) is 0 Å². The molecule has 0 aliphatic rings. The van der Waals surface area contributed by atoms with Gasteiger partial charge in [-0.25, -0.2) is 0 Å². The van der Waals surface area contributed by atoms with Crippen LogP contribution in [0.1, 0.15) is 5.56 Å². The van der Waals surface area contributed by atoms with Gasteiger partial charge in [0.05, 0.1) is 18.6 Å². The monoisotopic (exact) mass is 408 g/mol. The minimum absolute atomic E-state index is 0.0928. The molecular formula is C19H18F2N2O4S. The smallest absolute Gasteiger partial charge is 0.387 e. The Morgan fingerprint density at radius 1 is 1.21 bits per heavy atom. The Kier molecular flexibility index (Phi) is 7.82. The molecule has 0 aliphatic heterocycles. The first-order chi connectivity index (χ1) is 13.4. The van der Waals surface area contributed by atoms with Crippen LogP contribution in [0.5, 0.6) is 11.5 Å². The SMILES string of the molecule is COc1cc(C=CC(=O)Nc2ccccc2SCC(N)=O)ccc1OC(F)F. The van der Waals surface area contributed by atoms with Gasteiger partial charge in [0.1, 0.15) is 0 Å². The van der Waals surface area contributed by atoms with Gasteiger partial charge in [-0.1, -0.05) is 18.2 Å². The van der Waals surface area contributed by atoms with Gasteiger partial charge in [0, 0.05) is 11.0 Å². The zero-order valence-corrected chi connectivity index (χ0v) is 15.7. The topological polar surface area (TPSA) is 90.6 Å². The van der Waals surface area contributed by atoms with E-state index in [1.807, 2.05) is 0 Å². The predicted octanol–water partition coefficient (Wildman–Crippen LogP) is 3.53. The van der Waals surface area contributed by atoms with E-state index in [0.29, 0.717) is 16.1 Å². The quantitative estimate of drug-likeness (QED) is 0.489. The molecule has 6 nitrogen and oxygen atoms in total. The molecule has 2 amide bonds. The Morgan fingerprint density at radius 2 is 1.96 bits per heavy atom.